The van der Waals surface area contributed by atoms with Gasteiger partial charge in [0, 0.05) is 38.4 Å². The topological polar surface area (TPSA) is 73.4 Å². The van der Waals surface area contributed by atoms with Crippen molar-refractivity contribution in [1.82, 2.24) is 4.98 Å². The predicted molar refractivity (Wildman–Crippen MR) is 124 cm³/mol. The first-order chi connectivity index (χ1) is 15.1. The van der Waals surface area contributed by atoms with Gasteiger partial charge in [-0.25, -0.2) is 0 Å². The van der Waals surface area contributed by atoms with Gasteiger partial charge in [-0.1, -0.05) is 64.5 Å². The first kappa shape index (κ1) is 19.3. The fourth-order valence-electron chi connectivity index (χ4n) is 4.07. The number of para-hydroxylation sites is 2. The predicted octanol–water partition coefficient (Wildman–Crippen LogP) is 5.56. The number of Topliss-reactive ketones (excluding diaryl/α,β-unsaturated/α-hetero) is 1. The maximum Gasteiger partial charge on any atom is 0.300 e. The second kappa shape index (κ2) is 7.56. The van der Waals surface area contributed by atoms with Crippen molar-refractivity contribution in [2.45, 2.75) is 6.04 Å². The van der Waals surface area contributed by atoms with Gasteiger partial charge in [-0.3, -0.25) is 14.5 Å². The Bertz CT molecular complexity index is 1340. The third-order valence-electron chi connectivity index (χ3n) is 5.51. The van der Waals surface area contributed by atoms with E-state index in [1.165, 1.54) is 4.90 Å². The zero-order valence-corrected chi connectivity index (χ0v) is 17.8. The van der Waals surface area contributed by atoms with Crippen LogP contribution in [0.25, 0.3) is 16.7 Å². The van der Waals surface area contributed by atoms with E-state index in [1.54, 1.807) is 42.6 Å². The summed E-state index contributed by atoms with van der Waals surface area (Å²) in [7, 11) is 0. The molecule has 0 saturated carbocycles. The van der Waals surface area contributed by atoms with E-state index in [0.29, 0.717) is 11.3 Å². The molecule has 31 heavy (non-hydrogen) atoms. The summed E-state index contributed by atoms with van der Waals surface area (Å²) < 4.78 is 0.849. The van der Waals surface area contributed by atoms with Crippen LogP contribution in [0.4, 0.5) is 5.69 Å². The minimum Gasteiger partial charge on any atom is -0.507 e. The SMILES string of the molecule is O=C1C(=O)N(c2ccccc2)C(c2c[nH]c3ccccc23)/C1=C(\O)c1ccc(Br)cc1. The number of anilines is 1. The number of aromatic amines is 1. The molecule has 0 radical (unpaired) electrons. The van der Waals surface area contributed by atoms with Gasteiger partial charge in [0.2, 0.25) is 0 Å². The number of fused-ring (bicyclic) bond motifs is 1. The number of amides is 1. The fourth-order valence-corrected chi connectivity index (χ4v) is 4.33. The minimum absolute atomic E-state index is 0.0703. The summed E-state index contributed by atoms with van der Waals surface area (Å²) in [4.78, 5) is 31.0. The number of hydrogen-bond acceptors (Lipinski definition) is 3. The smallest absolute Gasteiger partial charge is 0.300 e. The Labute approximate surface area is 186 Å². The minimum atomic E-state index is -0.762. The Kier molecular flexibility index (Phi) is 4.71. The Morgan fingerprint density at radius 2 is 1.58 bits per heavy atom. The maximum absolute atomic E-state index is 13.2. The highest BCUT2D eigenvalue weighted by atomic mass is 79.9. The first-order valence-corrected chi connectivity index (χ1v) is 10.5. The van der Waals surface area contributed by atoms with Crippen LogP contribution in [0.5, 0.6) is 0 Å². The van der Waals surface area contributed by atoms with Crippen molar-refractivity contribution < 1.29 is 14.7 Å². The molecule has 152 valence electrons. The molecule has 3 aromatic carbocycles. The van der Waals surface area contributed by atoms with Crippen LogP contribution in [0.3, 0.4) is 0 Å². The second-order valence-corrected chi connectivity index (χ2v) is 8.22. The molecule has 1 aliphatic rings. The number of H-pyrrole nitrogens is 1. The number of aliphatic hydroxyl groups is 1. The van der Waals surface area contributed by atoms with Crippen LogP contribution in [0.15, 0.2) is 95.1 Å². The molecule has 1 aromatic heterocycles. The molecule has 0 aliphatic carbocycles. The van der Waals surface area contributed by atoms with E-state index in [1.807, 2.05) is 42.5 Å². The van der Waals surface area contributed by atoms with Crippen molar-refractivity contribution in [3.8, 4) is 0 Å². The molecule has 2 heterocycles. The van der Waals surface area contributed by atoms with E-state index in [2.05, 4.69) is 20.9 Å². The van der Waals surface area contributed by atoms with Crippen LogP contribution in [-0.4, -0.2) is 21.8 Å². The number of rotatable bonds is 3. The van der Waals surface area contributed by atoms with Crippen molar-refractivity contribution in [1.29, 1.82) is 0 Å². The summed E-state index contributed by atoms with van der Waals surface area (Å²) in [5.41, 5.74) is 2.77. The quantitative estimate of drug-likeness (QED) is 0.233. The van der Waals surface area contributed by atoms with Gasteiger partial charge in [-0.05, 0) is 30.3 Å². The van der Waals surface area contributed by atoms with Crippen molar-refractivity contribution in [2.75, 3.05) is 4.90 Å². The number of nitrogens with one attached hydrogen (secondary N) is 1. The number of ketones is 1. The first-order valence-electron chi connectivity index (χ1n) is 9.74. The van der Waals surface area contributed by atoms with E-state index < -0.39 is 17.7 Å². The van der Waals surface area contributed by atoms with Crippen LogP contribution in [-0.2, 0) is 9.59 Å². The highest BCUT2D eigenvalue weighted by molar-refractivity contribution is 9.10. The summed E-state index contributed by atoms with van der Waals surface area (Å²) in [6.07, 6.45) is 1.80. The third-order valence-corrected chi connectivity index (χ3v) is 6.04. The zero-order valence-electron chi connectivity index (χ0n) is 16.2. The molecule has 1 saturated heterocycles. The average Bonchev–Trinajstić information content (AvgIpc) is 3.33. The number of halogens is 1. The van der Waals surface area contributed by atoms with Gasteiger partial charge in [0.1, 0.15) is 5.76 Å². The number of nitrogens with zero attached hydrogens (tertiary/aromatic N) is 1. The monoisotopic (exact) mass is 472 g/mol. The van der Waals surface area contributed by atoms with Crippen LogP contribution >= 0.6 is 15.9 Å². The van der Waals surface area contributed by atoms with E-state index in [4.69, 9.17) is 0 Å². The summed E-state index contributed by atoms with van der Waals surface area (Å²) >= 11 is 3.38. The van der Waals surface area contributed by atoms with Crippen molar-refractivity contribution in [3.05, 3.63) is 106 Å². The van der Waals surface area contributed by atoms with Crippen LogP contribution < -0.4 is 4.90 Å². The zero-order chi connectivity index (χ0) is 21.5. The van der Waals surface area contributed by atoms with E-state index >= 15 is 0 Å². The van der Waals surface area contributed by atoms with Gasteiger partial charge in [0.25, 0.3) is 11.7 Å². The molecule has 0 spiro atoms. The lowest BCUT2D eigenvalue weighted by molar-refractivity contribution is -0.132. The standard InChI is InChI=1S/C25H17BrN2O3/c26-16-12-10-15(11-13-16)23(29)21-22(19-14-27-20-9-5-4-8-18(19)20)28(25(31)24(21)30)17-6-2-1-3-7-17/h1-14,22,27,29H/b23-21+. The number of aromatic nitrogens is 1. The molecular weight excluding hydrogens is 456 g/mol. The summed E-state index contributed by atoms with van der Waals surface area (Å²) in [6, 6.07) is 23.0. The summed E-state index contributed by atoms with van der Waals surface area (Å²) in [5, 5.41) is 12.0. The van der Waals surface area contributed by atoms with Crippen molar-refractivity contribution in [2.24, 2.45) is 0 Å². The number of benzene rings is 3. The molecule has 1 aliphatic heterocycles. The largest absolute Gasteiger partial charge is 0.507 e. The lowest BCUT2D eigenvalue weighted by Gasteiger charge is -2.25. The average molecular weight is 473 g/mol. The second-order valence-electron chi connectivity index (χ2n) is 7.30. The van der Waals surface area contributed by atoms with Crippen molar-refractivity contribution >= 4 is 50.0 Å². The Morgan fingerprint density at radius 3 is 2.32 bits per heavy atom. The molecule has 1 fully saturated rings. The Morgan fingerprint density at radius 1 is 0.903 bits per heavy atom. The van der Waals surface area contributed by atoms with Crippen molar-refractivity contribution in [3.63, 3.8) is 0 Å². The number of carbonyl (C=O) groups excluding carboxylic acids is 2. The molecule has 5 rings (SSSR count). The number of aliphatic hydroxyl groups excluding tert-OH is 1. The van der Waals surface area contributed by atoms with E-state index in [-0.39, 0.29) is 11.3 Å². The molecule has 5 nitrogen and oxygen atoms in total. The van der Waals surface area contributed by atoms with E-state index in [0.717, 1.165) is 20.9 Å². The normalized spacial score (nSPS) is 18.1. The molecule has 1 amide bonds. The lowest BCUT2D eigenvalue weighted by Crippen LogP contribution is -2.29. The summed E-state index contributed by atoms with van der Waals surface area (Å²) in [5.74, 6) is -1.57. The Hall–Kier alpha value is -3.64. The maximum atomic E-state index is 13.2. The molecule has 4 aromatic rings. The number of hydrogen-bond donors (Lipinski definition) is 2. The highest BCUT2D eigenvalue weighted by Crippen LogP contribution is 2.44. The molecule has 0 bridgehead atoms. The van der Waals surface area contributed by atoms with Crippen LogP contribution in [0.1, 0.15) is 17.2 Å². The van der Waals surface area contributed by atoms with Gasteiger partial charge in [0.05, 0.1) is 11.6 Å². The molecule has 6 heteroatoms. The highest BCUT2D eigenvalue weighted by Gasteiger charge is 2.47. The van der Waals surface area contributed by atoms with Gasteiger partial charge in [-0.2, -0.15) is 0 Å². The van der Waals surface area contributed by atoms with Gasteiger partial charge < -0.3 is 10.1 Å². The van der Waals surface area contributed by atoms with Gasteiger partial charge in [-0.15, -0.1) is 0 Å². The molecule has 1 atom stereocenters. The lowest BCUT2D eigenvalue weighted by atomic mass is 9.95. The van der Waals surface area contributed by atoms with Crippen LogP contribution in [0.2, 0.25) is 0 Å². The molecule has 2 N–H and O–H groups in total. The van der Waals surface area contributed by atoms with Crippen LogP contribution in [0, 0.1) is 0 Å². The third kappa shape index (κ3) is 3.16. The molecule has 1 unspecified atom stereocenters. The Balaban J connectivity index is 1.78. The van der Waals surface area contributed by atoms with E-state index in [9.17, 15) is 14.7 Å². The molecular formula is C25H17BrN2O3. The fraction of sp³-hybridized carbons (Fsp3) is 0.0400. The number of carbonyl (C=O) groups is 2. The van der Waals surface area contributed by atoms with Gasteiger partial charge >= 0.3 is 0 Å². The van der Waals surface area contributed by atoms with Gasteiger partial charge in [0.15, 0.2) is 0 Å². The summed E-state index contributed by atoms with van der Waals surface area (Å²) in [6.45, 7) is 0.